The lowest BCUT2D eigenvalue weighted by Crippen LogP contribution is -2.60. The molecule has 1 saturated heterocycles. The summed E-state index contributed by atoms with van der Waals surface area (Å²) in [5, 5.41) is 19.7. The molecular weight excluding hydrogens is 544 g/mol. The molecule has 43 heavy (non-hydrogen) atoms. The molecule has 0 unspecified atom stereocenters. The first-order valence-electron chi connectivity index (χ1n) is 16.5. The molecule has 230 valence electrons. The number of oxime groups is 1. The first kappa shape index (κ1) is 29.2. The van der Waals surface area contributed by atoms with Gasteiger partial charge in [0.05, 0.1) is 5.71 Å². The van der Waals surface area contributed by atoms with Gasteiger partial charge in [-0.15, -0.1) is 6.42 Å². The third-order valence-corrected chi connectivity index (χ3v) is 11.9. The van der Waals surface area contributed by atoms with Gasteiger partial charge in [-0.1, -0.05) is 41.9 Å². The van der Waals surface area contributed by atoms with Crippen molar-refractivity contribution in [3.63, 3.8) is 0 Å². The van der Waals surface area contributed by atoms with E-state index in [1.807, 2.05) is 6.92 Å². The second-order valence-corrected chi connectivity index (χ2v) is 14.1. The molecule has 1 aromatic rings. The number of allylic oxidation sites excluding steroid dienone is 4. The van der Waals surface area contributed by atoms with E-state index in [2.05, 4.69) is 45.7 Å². The summed E-state index contributed by atoms with van der Waals surface area (Å²) in [6.45, 7) is 7.52. The van der Waals surface area contributed by atoms with E-state index in [1.165, 1.54) is 40.7 Å². The van der Waals surface area contributed by atoms with Crippen LogP contribution in [0.15, 0.2) is 52.2 Å². The van der Waals surface area contributed by atoms with Crippen LogP contribution in [-0.4, -0.2) is 66.6 Å². The number of hydrogen-bond donors (Lipinski definition) is 2. The van der Waals surface area contributed by atoms with E-state index >= 15 is 8.78 Å². The summed E-state index contributed by atoms with van der Waals surface area (Å²) in [5.74, 6) is -1.10. The highest BCUT2D eigenvalue weighted by Crippen LogP contribution is 2.69. The maximum Gasteiger partial charge on any atom is 0.336 e. The number of hydrogen-bond acceptors (Lipinski definition) is 5. The van der Waals surface area contributed by atoms with Crippen molar-refractivity contribution < 1.29 is 18.7 Å². The summed E-state index contributed by atoms with van der Waals surface area (Å²) < 4.78 is 30.7. The molecule has 0 amide bonds. The number of rotatable bonds is 7. The molecule has 5 nitrogen and oxygen atoms in total. The normalized spacial score (nSPS) is 35.6. The summed E-state index contributed by atoms with van der Waals surface area (Å²) in [6, 6.07) is 8.92. The first-order chi connectivity index (χ1) is 20.7. The first-order valence-corrected chi connectivity index (χ1v) is 16.5. The van der Waals surface area contributed by atoms with Crippen LogP contribution in [0.4, 0.5) is 8.78 Å². The molecule has 1 heterocycles. The number of fused-ring (bicyclic) bond motifs is 4. The smallest absolute Gasteiger partial charge is 0.336 e. The van der Waals surface area contributed by atoms with Gasteiger partial charge in [0, 0.05) is 44.1 Å². The van der Waals surface area contributed by atoms with Gasteiger partial charge in [-0.2, -0.15) is 8.78 Å². The Morgan fingerprint density at radius 1 is 1.09 bits per heavy atom. The van der Waals surface area contributed by atoms with E-state index in [4.69, 9.17) is 11.3 Å². The molecule has 4 fully saturated rings. The molecule has 0 radical (unpaired) electrons. The number of aliphatic hydroxyl groups is 1. The highest BCUT2D eigenvalue weighted by atomic mass is 19.3. The Morgan fingerprint density at radius 2 is 1.84 bits per heavy atom. The highest BCUT2D eigenvalue weighted by molar-refractivity contribution is 5.97. The number of halogens is 2. The highest BCUT2D eigenvalue weighted by Gasteiger charge is 2.71. The van der Waals surface area contributed by atoms with Crippen molar-refractivity contribution in [2.45, 2.75) is 88.1 Å². The number of alkyl halides is 2. The Labute approximate surface area is 254 Å². The van der Waals surface area contributed by atoms with Gasteiger partial charge < -0.3 is 15.3 Å². The molecule has 0 bridgehead atoms. The predicted octanol–water partition coefficient (Wildman–Crippen LogP) is 6.17. The average molecular weight is 590 g/mol. The fourth-order valence-electron chi connectivity index (χ4n) is 9.33. The molecule has 0 aromatic heterocycles. The lowest BCUT2D eigenvalue weighted by Gasteiger charge is -2.55. The Balaban J connectivity index is 1.20. The summed E-state index contributed by atoms with van der Waals surface area (Å²) in [4.78, 5) is 8.17. The second kappa shape index (κ2) is 11.1. The molecule has 0 spiro atoms. The Bertz CT molecular complexity index is 1370. The number of terminal acetylenes is 1. The Kier molecular flexibility index (Phi) is 7.55. The largest absolute Gasteiger partial charge is 0.394 e. The molecule has 1 aliphatic heterocycles. The van der Waals surface area contributed by atoms with Crippen LogP contribution in [0, 0.1) is 29.6 Å². The van der Waals surface area contributed by atoms with E-state index < -0.39 is 16.9 Å². The van der Waals surface area contributed by atoms with Crippen molar-refractivity contribution in [1.29, 1.82) is 0 Å². The van der Waals surface area contributed by atoms with Crippen LogP contribution in [0.5, 0.6) is 0 Å². The minimum atomic E-state index is -3.57. The van der Waals surface area contributed by atoms with Crippen LogP contribution < -0.4 is 5.32 Å². The zero-order chi connectivity index (χ0) is 29.8. The Morgan fingerprint density at radius 3 is 2.56 bits per heavy atom. The molecule has 2 N–H and O–H groups in total. The zero-order valence-corrected chi connectivity index (χ0v) is 25.4. The SMILES string of the molecule is C#CC(F)(F)[C@]1(O)CC[C@H]2[C@@H]3CCC4=C/C(=N/OCCN5CCNCC5)CCC4=C3[C@@H](c3ccc(C4CC4)cc3)C[C@@]21C. The van der Waals surface area contributed by atoms with Crippen LogP contribution in [0.3, 0.4) is 0 Å². The quantitative estimate of drug-likeness (QED) is 0.227. The molecule has 6 aliphatic rings. The van der Waals surface area contributed by atoms with Crippen LogP contribution in [-0.2, 0) is 4.84 Å². The van der Waals surface area contributed by atoms with Crippen molar-refractivity contribution in [1.82, 2.24) is 10.2 Å². The van der Waals surface area contributed by atoms with E-state index in [0.29, 0.717) is 25.4 Å². The minimum Gasteiger partial charge on any atom is -0.394 e. The van der Waals surface area contributed by atoms with Crippen molar-refractivity contribution in [2.75, 3.05) is 39.3 Å². The molecule has 7 heteroatoms. The summed E-state index contributed by atoms with van der Waals surface area (Å²) in [7, 11) is 0. The van der Waals surface area contributed by atoms with E-state index in [1.54, 1.807) is 5.92 Å². The minimum absolute atomic E-state index is 0.0221. The van der Waals surface area contributed by atoms with Gasteiger partial charge in [0.25, 0.3) is 0 Å². The maximum absolute atomic E-state index is 15.4. The third-order valence-electron chi connectivity index (χ3n) is 11.9. The average Bonchev–Trinajstić information content (AvgIpc) is 3.84. The van der Waals surface area contributed by atoms with Crippen LogP contribution in [0.25, 0.3) is 0 Å². The fraction of sp³-hybridized carbons (Fsp3) is 0.639. The summed E-state index contributed by atoms with van der Waals surface area (Å²) >= 11 is 0. The van der Waals surface area contributed by atoms with Crippen molar-refractivity contribution in [3.05, 3.63) is 58.2 Å². The van der Waals surface area contributed by atoms with Crippen LogP contribution in [0.2, 0.25) is 0 Å². The lowest BCUT2D eigenvalue weighted by molar-refractivity contribution is -0.209. The van der Waals surface area contributed by atoms with Gasteiger partial charge in [0.15, 0.2) is 0 Å². The third kappa shape index (κ3) is 4.98. The molecule has 1 aromatic carbocycles. The van der Waals surface area contributed by atoms with Crippen LogP contribution >= 0.6 is 0 Å². The van der Waals surface area contributed by atoms with Gasteiger partial charge in [-0.05, 0) is 110 Å². The van der Waals surface area contributed by atoms with Gasteiger partial charge in [-0.25, -0.2) is 0 Å². The number of benzene rings is 1. The summed E-state index contributed by atoms with van der Waals surface area (Å²) in [6.07, 6.45) is 14.7. The van der Waals surface area contributed by atoms with Crippen molar-refractivity contribution in [2.24, 2.45) is 22.4 Å². The standard InChI is InChI=1S/C36H45F2N3O2/c1-3-36(37,38)35(42)15-14-32-30-12-10-27-22-28(40-43-21-20-41-18-16-39-17-19-41)11-13-29(27)33(30)31(23-34(32,35)2)26-8-6-25(7-9-26)24-4-5-24/h1,6-9,22,24,30-32,39,42H,4-5,10-21,23H2,2H3/b40-28+/t30-,31+,32-,34-,35-/m0/s1. The fourth-order valence-corrected chi connectivity index (χ4v) is 9.33. The lowest BCUT2D eigenvalue weighted by atomic mass is 9.50. The molecule has 3 saturated carbocycles. The number of nitrogens with one attached hydrogen (secondary N) is 1. The van der Waals surface area contributed by atoms with E-state index in [0.717, 1.165) is 64.1 Å². The molecule has 5 atom stereocenters. The monoisotopic (exact) mass is 589 g/mol. The van der Waals surface area contributed by atoms with Gasteiger partial charge in [-0.3, -0.25) is 4.90 Å². The topological polar surface area (TPSA) is 57.1 Å². The molecular formula is C36H45F2N3O2. The van der Waals surface area contributed by atoms with E-state index in [-0.39, 0.29) is 24.2 Å². The van der Waals surface area contributed by atoms with Gasteiger partial charge >= 0.3 is 5.92 Å². The number of nitrogens with zero attached hydrogens (tertiary/aromatic N) is 2. The van der Waals surface area contributed by atoms with Gasteiger partial charge in [0.1, 0.15) is 12.2 Å². The van der Waals surface area contributed by atoms with E-state index in [9.17, 15) is 5.11 Å². The molecule has 7 rings (SSSR count). The number of piperazine rings is 1. The van der Waals surface area contributed by atoms with Crippen molar-refractivity contribution in [3.8, 4) is 12.3 Å². The van der Waals surface area contributed by atoms with Crippen LogP contribution in [0.1, 0.15) is 87.7 Å². The maximum atomic E-state index is 15.4. The summed E-state index contributed by atoms with van der Waals surface area (Å²) in [5.41, 5.74) is 4.51. The zero-order valence-electron chi connectivity index (χ0n) is 25.4. The molecule has 5 aliphatic carbocycles. The Hall–Kier alpha value is -2.53. The van der Waals surface area contributed by atoms with Gasteiger partial charge in [0.2, 0.25) is 0 Å². The van der Waals surface area contributed by atoms with Crippen molar-refractivity contribution >= 4 is 5.71 Å². The second-order valence-electron chi connectivity index (χ2n) is 14.1. The predicted molar refractivity (Wildman–Crippen MR) is 165 cm³/mol.